The van der Waals surface area contributed by atoms with Crippen molar-refractivity contribution in [3.63, 3.8) is 0 Å². The smallest absolute Gasteiger partial charge is 0.411 e. The molecule has 2 atom stereocenters. The molecule has 0 aromatic rings. The van der Waals surface area contributed by atoms with Crippen LogP contribution in [0.3, 0.4) is 0 Å². The van der Waals surface area contributed by atoms with Gasteiger partial charge in [-0.05, 0) is 27.2 Å². The first-order chi connectivity index (χ1) is 6.88. The van der Waals surface area contributed by atoms with E-state index >= 15 is 0 Å². The number of likely N-dealkylation sites (tertiary alicyclic amines) is 1. The van der Waals surface area contributed by atoms with Crippen LogP contribution in [-0.4, -0.2) is 41.1 Å². The molecule has 92 valence electrons. The first-order valence-corrected chi connectivity index (χ1v) is 5.18. The summed E-state index contributed by atoms with van der Waals surface area (Å²) < 4.78 is 5.23. The fraction of sp³-hybridized carbons (Fsp3) is 0.800. The maximum Gasteiger partial charge on any atom is 0.411 e. The molecule has 6 nitrogen and oxygen atoms in total. The maximum atomic E-state index is 11.7. The van der Waals surface area contributed by atoms with Gasteiger partial charge in [0.15, 0.2) is 0 Å². The zero-order valence-electron chi connectivity index (χ0n) is 9.95. The van der Waals surface area contributed by atoms with Gasteiger partial charge in [-0.15, -0.1) is 0 Å². The number of amides is 2. The predicted octanol–water partition coefficient (Wildman–Crippen LogP) is 0.656. The van der Waals surface area contributed by atoms with Gasteiger partial charge in [0.2, 0.25) is 5.91 Å². The molecule has 0 saturated carbocycles. The van der Waals surface area contributed by atoms with E-state index in [0.29, 0.717) is 6.54 Å². The molecule has 0 bridgehead atoms. The molecule has 2 amide bonds. The Balaban J connectivity index is 0.00000128. The SMILES string of the molecule is CC(C)(C)OC(=O)N1CC[C@H]2NC(=O)[C@H]21.N. The van der Waals surface area contributed by atoms with Crippen molar-refractivity contribution in [2.45, 2.75) is 44.9 Å². The van der Waals surface area contributed by atoms with Crippen molar-refractivity contribution in [3.05, 3.63) is 0 Å². The van der Waals surface area contributed by atoms with Gasteiger partial charge in [0.05, 0.1) is 6.04 Å². The van der Waals surface area contributed by atoms with Crippen LogP contribution in [0.25, 0.3) is 0 Å². The van der Waals surface area contributed by atoms with Crippen LogP contribution in [0.4, 0.5) is 4.79 Å². The van der Waals surface area contributed by atoms with Gasteiger partial charge in [-0.3, -0.25) is 9.69 Å². The Labute approximate surface area is 94.9 Å². The highest BCUT2D eigenvalue weighted by atomic mass is 16.6. The summed E-state index contributed by atoms with van der Waals surface area (Å²) in [6, 6.07) is -0.148. The van der Waals surface area contributed by atoms with Crippen LogP contribution in [-0.2, 0) is 9.53 Å². The minimum absolute atomic E-state index is 0. The Morgan fingerprint density at radius 2 is 2.12 bits per heavy atom. The number of fused-ring (bicyclic) bond motifs is 1. The molecule has 0 aliphatic carbocycles. The van der Waals surface area contributed by atoms with E-state index in [1.165, 1.54) is 4.90 Å². The number of carbonyl (C=O) groups is 2. The molecule has 6 heteroatoms. The molecule has 2 aliphatic rings. The number of β-lactam (4-membered cyclic amide) rings is 1. The van der Waals surface area contributed by atoms with E-state index in [1.807, 2.05) is 20.8 Å². The van der Waals surface area contributed by atoms with Crippen LogP contribution in [0.2, 0.25) is 0 Å². The average molecular weight is 229 g/mol. The van der Waals surface area contributed by atoms with E-state index in [9.17, 15) is 9.59 Å². The Morgan fingerprint density at radius 1 is 1.50 bits per heavy atom. The molecule has 2 fully saturated rings. The van der Waals surface area contributed by atoms with Gasteiger partial charge in [0.25, 0.3) is 0 Å². The molecule has 4 N–H and O–H groups in total. The zero-order chi connectivity index (χ0) is 11.2. The number of hydrogen-bond acceptors (Lipinski definition) is 4. The molecule has 0 radical (unpaired) electrons. The molecule has 0 unspecified atom stereocenters. The zero-order valence-corrected chi connectivity index (χ0v) is 9.95. The first kappa shape index (κ1) is 12.8. The highest BCUT2D eigenvalue weighted by Crippen LogP contribution is 2.26. The summed E-state index contributed by atoms with van der Waals surface area (Å²) >= 11 is 0. The molecular formula is C10H19N3O3. The molecule has 2 aliphatic heterocycles. The van der Waals surface area contributed by atoms with Gasteiger partial charge in [-0.2, -0.15) is 0 Å². The molecule has 16 heavy (non-hydrogen) atoms. The summed E-state index contributed by atoms with van der Waals surface area (Å²) in [7, 11) is 0. The van der Waals surface area contributed by atoms with Crippen LogP contribution < -0.4 is 11.5 Å². The lowest BCUT2D eigenvalue weighted by molar-refractivity contribution is -0.133. The summed E-state index contributed by atoms with van der Waals surface area (Å²) in [5.74, 6) is -0.0663. The van der Waals surface area contributed by atoms with Crippen molar-refractivity contribution in [2.24, 2.45) is 0 Å². The highest BCUT2D eigenvalue weighted by molar-refractivity contribution is 5.93. The van der Waals surface area contributed by atoms with Crippen molar-refractivity contribution in [1.29, 1.82) is 0 Å². The summed E-state index contributed by atoms with van der Waals surface area (Å²) in [6.45, 7) is 6.06. The number of hydrogen-bond donors (Lipinski definition) is 2. The summed E-state index contributed by atoms with van der Waals surface area (Å²) in [4.78, 5) is 24.5. The minimum Gasteiger partial charge on any atom is -0.444 e. The number of ether oxygens (including phenoxy) is 1. The van der Waals surface area contributed by atoms with Gasteiger partial charge in [0.1, 0.15) is 11.6 Å². The maximum absolute atomic E-state index is 11.7. The van der Waals surface area contributed by atoms with E-state index < -0.39 is 5.60 Å². The summed E-state index contributed by atoms with van der Waals surface area (Å²) in [5, 5.41) is 2.76. The van der Waals surface area contributed by atoms with E-state index in [2.05, 4.69) is 5.32 Å². The Bertz CT molecular complexity index is 311. The second-order valence-electron chi connectivity index (χ2n) is 5.02. The second kappa shape index (κ2) is 3.93. The second-order valence-corrected chi connectivity index (χ2v) is 5.02. The number of rotatable bonds is 0. The van der Waals surface area contributed by atoms with Crippen molar-refractivity contribution in [2.75, 3.05) is 6.54 Å². The molecule has 0 aromatic heterocycles. The van der Waals surface area contributed by atoms with Gasteiger partial charge in [-0.25, -0.2) is 4.79 Å². The van der Waals surface area contributed by atoms with Gasteiger partial charge in [-0.1, -0.05) is 0 Å². The van der Waals surface area contributed by atoms with Crippen LogP contribution in [0.15, 0.2) is 0 Å². The first-order valence-electron chi connectivity index (χ1n) is 5.18. The number of nitrogens with zero attached hydrogens (tertiary/aromatic N) is 1. The molecule has 0 spiro atoms. The fourth-order valence-electron chi connectivity index (χ4n) is 1.96. The lowest BCUT2D eigenvalue weighted by Crippen LogP contribution is -2.65. The number of carbonyl (C=O) groups excluding carboxylic acids is 2. The fourth-order valence-corrected chi connectivity index (χ4v) is 1.96. The predicted molar refractivity (Wildman–Crippen MR) is 58.3 cm³/mol. The molecule has 2 heterocycles. The lowest BCUT2D eigenvalue weighted by atomic mass is 10.0. The monoisotopic (exact) mass is 229 g/mol. The third-order valence-corrected chi connectivity index (χ3v) is 2.62. The van der Waals surface area contributed by atoms with Crippen LogP contribution in [0.5, 0.6) is 0 Å². The Hall–Kier alpha value is -1.30. The molecular weight excluding hydrogens is 210 g/mol. The van der Waals surface area contributed by atoms with Crippen LogP contribution in [0, 0.1) is 0 Å². The molecule has 0 aromatic carbocycles. The van der Waals surface area contributed by atoms with Gasteiger partial charge < -0.3 is 16.2 Å². The van der Waals surface area contributed by atoms with Crippen molar-refractivity contribution in [1.82, 2.24) is 16.4 Å². The minimum atomic E-state index is -0.505. The lowest BCUT2D eigenvalue weighted by Gasteiger charge is -2.36. The van der Waals surface area contributed by atoms with E-state index in [1.54, 1.807) is 0 Å². The molecule has 2 rings (SSSR count). The normalized spacial score (nSPS) is 27.4. The van der Waals surface area contributed by atoms with Crippen molar-refractivity contribution < 1.29 is 14.3 Å². The third kappa shape index (κ3) is 2.11. The van der Waals surface area contributed by atoms with E-state index in [4.69, 9.17) is 4.74 Å². The number of nitrogens with one attached hydrogen (secondary N) is 1. The van der Waals surface area contributed by atoms with Crippen molar-refractivity contribution in [3.8, 4) is 0 Å². The molecule has 2 saturated heterocycles. The highest BCUT2D eigenvalue weighted by Gasteiger charge is 2.50. The quantitative estimate of drug-likeness (QED) is 0.596. The Morgan fingerprint density at radius 3 is 2.62 bits per heavy atom. The third-order valence-electron chi connectivity index (χ3n) is 2.62. The van der Waals surface area contributed by atoms with Crippen molar-refractivity contribution >= 4 is 12.0 Å². The topological polar surface area (TPSA) is 93.6 Å². The van der Waals surface area contributed by atoms with E-state index in [0.717, 1.165) is 6.42 Å². The average Bonchev–Trinajstić information content (AvgIpc) is 2.38. The van der Waals surface area contributed by atoms with Crippen LogP contribution >= 0.6 is 0 Å². The van der Waals surface area contributed by atoms with Gasteiger partial charge >= 0.3 is 6.09 Å². The Kier molecular flexibility index (Phi) is 3.14. The van der Waals surface area contributed by atoms with Crippen LogP contribution in [0.1, 0.15) is 27.2 Å². The summed E-state index contributed by atoms with van der Waals surface area (Å²) in [6.07, 6.45) is 0.445. The standard InChI is InChI=1S/C10H16N2O3.H3N/c1-10(2,3)15-9(14)12-5-4-6-7(12)8(13)11-6;/h6-7H,4-5H2,1-3H3,(H,11,13);1H3/t6-,7+;/m1./s1. The largest absolute Gasteiger partial charge is 0.444 e. The summed E-state index contributed by atoms with van der Waals surface area (Å²) in [5.41, 5.74) is -0.505. The van der Waals surface area contributed by atoms with E-state index in [-0.39, 0.29) is 30.2 Å². The van der Waals surface area contributed by atoms with Gasteiger partial charge in [0, 0.05) is 6.54 Å².